The molecule has 4 aromatic carbocycles. The highest BCUT2D eigenvalue weighted by atomic mass is 35.5. The monoisotopic (exact) mass is 545 g/mol. The fourth-order valence-electron chi connectivity index (χ4n) is 3.89. The van der Waals surface area contributed by atoms with E-state index in [4.69, 9.17) is 23.2 Å². The summed E-state index contributed by atoms with van der Waals surface area (Å²) in [7, 11) is 0. The number of H-pyrrole nitrogens is 1. The Morgan fingerprint density at radius 2 is 1.59 bits per heavy atom. The van der Waals surface area contributed by atoms with Crippen LogP contribution < -0.4 is 10.6 Å². The minimum Gasteiger partial charge on any atom is -0.361 e. The lowest BCUT2D eigenvalue weighted by Gasteiger charge is -2.18. The van der Waals surface area contributed by atoms with E-state index >= 15 is 0 Å². The summed E-state index contributed by atoms with van der Waals surface area (Å²) in [5.41, 5.74) is 3.44. The van der Waals surface area contributed by atoms with Crippen LogP contribution in [0.1, 0.15) is 21.2 Å². The van der Waals surface area contributed by atoms with Gasteiger partial charge in [-0.3, -0.25) is 9.59 Å². The summed E-state index contributed by atoms with van der Waals surface area (Å²) in [6.07, 6.45) is 1.87. The normalized spacial score (nSPS) is 11.7. The third-order valence-electron chi connectivity index (χ3n) is 5.68. The molecule has 1 aromatic heterocycles. The number of nitrogens with one attached hydrogen (secondary N) is 3. The zero-order valence-electron chi connectivity index (χ0n) is 19.4. The van der Waals surface area contributed by atoms with Crippen molar-refractivity contribution in [2.24, 2.45) is 0 Å². The summed E-state index contributed by atoms with van der Waals surface area (Å²) >= 11 is 13.5. The Kier molecular flexibility index (Phi) is 7.51. The van der Waals surface area contributed by atoms with Crippen LogP contribution in [0.3, 0.4) is 0 Å². The summed E-state index contributed by atoms with van der Waals surface area (Å²) in [6, 6.07) is 29.4. The molecule has 5 aromatic rings. The second-order valence-corrected chi connectivity index (χ2v) is 10.3. The van der Waals surface area contributed by atoms with Gasteiger partial charge in [-0.1, -0.05) is 65.7 Å². The van der Waals surface area contributed by atoms with Gasteiger partial charge in [0, 0.05) is 33.0 Å². The molecule has 3 N–H and O–H groups in total. The van der Waals surface area contributed by atoms with Gasteiger partial charge in [-0.05, 0) is 65.5 Å². The van der Waals surface area contributed by atoms with Crippen LogP contribution in [-0.4, -0.2) is 16.8 Å². The molecule has 1 unspecified atom stereocenters. The second-order valence-electron chi connectivity index (χ2n) is 8.28. The van der Waals surface area contributed by atoms with Crippen LogP contribution in [-0.2, 0) is 4.79 Å². The molecule has 0 saturated carbocycles. The number of aromatic amines is 1. The molecule has 1 atom stereocenters. The summed E-state index contributed by atoms with van der Waals surface area (Å²) in [4.78, 5) is 30.2. The van der Waals surface area contributed by atoms with Crippen molar-refractivity contribution in [3.63, 3.8) is 0 Å². The summed E-state index contributed by atoms with van der Waals surface area (Å²) < 4.78 is 0. The molecule has 8 heteroatoms. The molecule has 0 aliphatic rings. The van der Waals surface area contributed by atoms with E-state index in [0.29, 0.717) is 22.0 Å². The molecule has 0 spiro atoms. The molecule has 0 saturated heterocycles. The molecule has 0 radical (unpaired) electrons. The van der Waals surface area contributed by atoms with Crippen molar-refractivity contribution in [3.8, 4) is 0 Å². The van der Waals surface area contributed by atoms with Crippen LogP contribution in [0.5, 0.6) is 0 Å². The lowest BCUT2D eigenvalue weighted by Crippen LogP contribution is -2.19. The molecule has 0 fully saturated rings. The highest BCUT2D eigenvalue weighted by molar-refractivity contribution is 8.00. The first-order chi connectivity index (χ1) is 18.0. The van der Waals surface area contributed by atoms with Crippen LogP contribution in [0.4, 0.5) is 11.4 Å². The van der Waals surface area contributed by atoms with Gasteiger partial charge in [-0.25, -0.2) is 0 Å². The first kappa shape index (κ1) is 25.0. The van der Waals surface area contributed by atoms with Crippen molar-refractivity contribution in [3.05, 3.63) is 124 Å². The zero-order valence-corrected chi connectivity index (χ0v) is 21.7. The van der Waals surface area contributed by atoms with E-state index in [1.807, 2.05) is 79.0 Å². The molecule has 5 nitrogen and oxygen atoms in total. The number of hydrogen-bond donors (Lipinski definition) is 3. The lowest BCUT2D eigenvalue weighted by molar-refractivity contribution is -0.115. The number of anilines is 2. The molecular formula is C29H21Cl2N3O2S. The first-order valence-corrected chi connectivity index (χ1v) is 13.1. The number of hydrogen-bond acceptors (Lipinski definition) is 3. The third kappa shape index (κ3) is 6.00. The van der Waals surface area contributed by atoms with Crippen molar-refractivity contribution >= 4 is 69.1 Å². The van der Waals surface area contributed by atoms with E-state index in [-0.39, 0.29) is 16.8 Å². The molecule has 0 bridgehead atoms. The number of carbonyl (C=O) groups excluding carboxylic acids is 2. The molecule has 0 aliphatic carbocycles. The molecule has 1 heterocycles. The van der Waals surface area contributed by atoms with Gasteiger partial charge in [0.05, 0.1) is 10.6 Å². The molecule has 184 valence electrons. The summed E-state index contributed by atoms with van der Waals surface area (Å²) in [5, 5.41) is 7.21. The smallest absolute Gasteiger partial charge is 0.257 e. The van der Waals surface area contributed by atoms with Crippen LogP contribution in [0, 0.1) is 0 Å². The van der Waals surface area contributed by atoms with Crippen LogP contribution in [0.15, 0.2) is 108 Å². The van der Waals surface area contributed by atoms with Crippen molar-refractivity contribution < 1.29 is 9.59 Å². The number of halogens is 2. The van der Waals surface area contributed by atoms with E-state index in [1.165, 1.54) is 17.8 Å². The maximum atomic E-state index is 13.5. The van der Waals surface area contributed by atoms with Gasteiger partial charge in [0.25, 0.3) is 5.91 Å². The Morgan fingerprint density at radius 3 is 2.41 bits per heavy atom. The summed E-state index contributed by atoms with van der Waals surface area (Å²) in [5.74, 6) is -0.495. The topological polar surface area (TPSA) is 74.0 Å². The molecule has 2 amide bonds. The highest BCUT2D eigenvalue weighted by Crippen LogP contribution is 2.37. The number of benzene rings is 4. The number of fused-ring (bicyclic) bond motifs is 1. The minimum atomic E-state index is -0.516. The van der Waals surface area contributed by atoms with Crippen LogP contribution in [0.2, 0.25) is 10.0 Å². The fraction of sp³-hybridized carbons (Fsp3) is 0.0345. The van der Waals surface area contributed by atoms with Crippen molar-refractivity contribution in [1.29, 1.82) is 0 Å². The standard InChI is InChI=1S/C29H21Cl2N3O2S/c30-20-10-12-24(25(31)15-20)28(35)33-21-7-4-8-23(16-21)37-27(19-5-2-1-3-6-19)29(36)34-22-11-9-18-13-14-32-26(18)17-22/h1-17,27,32H,(H,33,35)(H,34,36). The third-order valence-corrected chi connectivity index (χ3v) is 7.48. The van der Waals surface area contributed by atoms with Gasteiger partial charge < -0.3 is 15.6 Å². The van der Waals surface area contributed by atoms with E-state index in [0.717, 1.165) is 21.4 Å². The lowest BCUT2D eigenvalue weighted by atomic mass is 10.1. The van der Waals surface area contributed by atoms with E-state index in [2.05, 4.69) is 15.6 Å². The van der Waals surface area contributed by atoms with Gasteiger partial charge in [-0.2, -0.15) is 0 Å². The maximum absolute atomic E-state index is 13.5. The predicted molar refractivity (Wildman–Crippen MR) is 153 cm³/mol. The molecule has 0 aliphatic heterocycles. The quantitative estimate of drug-likeness (QED) is 0.180. The first-order valence-electron chi connectivity index (χ1n) is 11.4. The minimum absolute atomic E-state index is 0.149. The molecular weight excluding hydrogens is 525 g/mol. The largest absolute Gasteiger partial charge is 0.361 e. The van der Waals surface area contributed by atoms with Gasteiger partial charge in [0.15, 0.2) is 0 Å². The average Bonchev–Trinajstić information content (AvgIpc) is 3.36. The predicted octanol–water partition coefficient (Wildman–Crippen LogP) is 8.20. The number of carbonyl (C=O) groups is 2. The number of aromatic nitrogens is 1. The highest BCUT2D eigenvalue weighted by Gasteiger charge is 2.23. The van der Waals surface area contributed by atoms with E-state index in [1.54, 1.807) is 18.2 Å². The van der Waals surface area contributed by atoms with Gasteiger partial charge >= 0.3 is 0 Å². The Labute approximate surface area is 228 Å². The molecule has 5 rings (SSSR count). The SMILES string of the molecule is O=C(Nc1cccc(SC(C(=O)Nc2ccc3cc[nH]c3c2)c2ccccc2)c1)c1ccc(Cl)cc1Cl. The Hall–Kier alpha value is -3.71. The number of amides is 2. The fourth-order valence-corrected chi connectivity index (χ4v) is 5.47. The Balaban J connectivity index is 1.36. The zero-order chi connectivity index (χ0) is 25.8. The summed E-state index contributed by atoms with van der Waals surface area (Å²) in [6.45, 7) is 0. The van der Waals surface area contributed by atoms with Gasteiger partial charge in [0.1, 0.15) is 5.25 Å². The number of thioether (sulfide) groups is 1. The second kappa shape index (κ2) is 11.1. The van der Waals surface area contributed by atoms with Gasteiger partial charge in [0.2, 0.25) is 5.91 Å². The number of rotatable bonds is 7. The van der Waals surface area contributed by atoms with Crippen molar-refractivity contribution in [2.75, 3.05) is 10.6 Å². The van der Waals surface area contributed by atoms with Crippen LogP contribution in [0.25, 0.3) is 10.9 Å². The van der Waals surface area contributed by atoms with Gasteiger partial charge in [-0.15, -0.1) is 11.8 Å². The maximum Gasteiger partial charge on any atom is 0.257 e. The average molecular weight is 546 g/mol. The van der Waals surface area contributed by atoms with Crippen molar-refractivity contribution in [2.45, 2.75) is 10.1 Å². The van der Waals surface area contributed by atoms with E-state index < -0.39 is 5.25 Å². The van der Waals surface area contributed by atoms with Crippen molar-refractivity contribution in [1.82, 2.24) is 4.98 Å². The Bertz CT molecular complexity index is 1590. The van der Waals surface area contributed by atoms with E-state index in [9.17, 15) is 9.59 Å². The van der Waals surface area contributed by atoms with Crippen LogP contribution >= 0.6 is 35.0 Å². The molecule has 37 heavy (non-hydrogen) atoms. The Morgan fingerprint density at radius 1 is 0.784 bits per heavy atom.